The number of ether oxygens (including phenoxy) is 2. The molecule has 0 N–H and O–H groups in total. The Morgan fingerprint density at radius 3 is 3.08 bits per heavy atom. The average molecular weight is 351 g/mol. The molecule has 0 saturated carbocycles. The number of fused-ring (bicyclic) bond motifs is 1. The van der Waals surface area contributed by atoms with E-state index >= 15 is 0 Å². The van der Waals surface area contributed by atoms with Crippen molar-refractivity contribution < 1.29 is 14.3 Å². The molecule has 2 aromatic heterocycles. The summed E-state index contributed by atoms with van der Waals surface area (Å²) in [5.41, 5.74) is 0.629. The highest BCUT2D eigenvalue weighted by Gasteiger charge is 2.52. The fourth-order valence-electron chi connectivity index (χ4n) is 3.52. The Labute approximate surface area is 150 Å². The van der Waals surface area contributed by atoms with Crippen LogP contribution in [0.3, 0.4) is 0 Å². The number of pyridine rings is 1. The fraction of sp³-hybridized carbons (Fsp3) is 0.389. The summed E-state index contributed by atoms with van der Waals surface area (Å²) in [4.78, 5) is 26.5. The lowest BCUT2D eigenvalue weighted by atomic mass is 9.82. The van der Waals surface area contributed by atoms with Gasteiger partial charge >= 0.3 is 0 Å². The molecule has 1 amide bonds. The fourth-order valence-corrected chi connectivity index (χ4v) is 3.52. The number of nitrogens with zero attached hydrogens (tertiary/aromatic N) is 5. The first-order chi connectivity index (χ1) is 12.7. The van der Waals surface area contributed by atoms with Crippen molar-refractivity contribution >= 4 is 5.91 Å². The number of carbonyl (C=O) groups excluding carboxylic acids is 1. The summed E-state index contributed by atoms with van der Waals surface area (Å²) in [6.45, 7) is 2.73. The molecule has 2 fully saturated rings. The van der Waals surface area contributed by atoms with Crippen molar-refractivity contribution in [3.63, 3.8) is 0 Å². The van der Waals surface area contributed by atoms with E-state index in [1.165, 1.54) is 12.5 Å². The number of hydrogen-bond acceptors (Lipinski definition) is 7. The normalized spacial score (nSPS) is 24.1. The highest BCUT2D eigenvalue weighted by atomic mass is 16.5. The number of aromatic nitrogens is 3. The van der Waals surface area contributed by atoms with Crippen molar-refractivity contribution in [1.82, 2.24) is 19.9 Å². The maximum atomic E-state index is 12.7. The van der Waals surface area contributed by atoms with Gasteiger partial charge < -0.3 is 14.4 Å². The van der Waals surface area contributed by atoms with Crippen LogP contribution in [0.15, 0.2) is 36.9 Å². The van der Waals surface area contributed by atoms with E-state index in [1.54, 1.807) is 24.4 Å². The lowest BCUT2D eigenvalue weighted by Crippen LogP contribution is -2.38. The van der Waals surface area contributed by atoms with E-state index in [0.29, 0.717) is 50.0 Å². The topological polar surface area (TPSA) is 101 Å². The maximum absolute atomic E-state index is 12.7. The predicted octanol–water partition coefficient (Wildman–Crippen LogP) is 0.911. The van der Waals surface area contributed by atoms with Gasteiger partial charge in [-0.15, -0.1) is 0 Å². The summed E-state index contributed by atoms with van der Waals surface area (Å²) < 4.78 is 11.5. The van der Waals surface area contributed by atoms with Gasteiger partial charge in [0.05, 0.1) is 30.8 Å². The Balaban J connectivity index is 1.46. The van der Waals surface area contributed by atoms with Crippen LogP contribution in [0.4, 0.5) is 0 Å². The van der Waals surface area contributed by atoms with Crippen LogP contribution in [0.1, 0.15) is 16.1 Å². The first kappa shape index (κ1) is 16.4. The molecule has 2 aliphatic heterocycles. The SMILES string of the molecule is N#Cc1ccc(OC[C@@]23COC[C@@H]2CN(C(=O)c2ccncn2)C3)nc1. The third-order valence-corrected chi connectivity index (χ3v) is 4.98. The van der Waals surface area contributed by atoms with E-state index in [2.05, 4.69) is 15.0 Å². The molecule has 2 atom stereocenters. The van der Waals surface area contributed by atoms with Crippen LogP contribution >= 0.6 is 0 Å². The minimum atomic E-state index is -0.252. The highest BCUT2D eigenvalue weighted by molar-refractivity contribution is 5.92. The van der Waals surface area contributed by atoms with Crippen LogP contribution in [0.5, 0.6) is 5.88 Å². The molecule has 4 heterocycles. The van der Waals surface area contributed by atoms with Crippen LogP contribution in [-0.2, 0) is 4.74 Å². The Morgan fingerprint density at radius 2 is 2.35 bits per heavy atom. The predicted molar refractivity (Wildman–Crippen MR) is 89.1 cm³/mol. The molecular formula is C18H17N5O3. The minimum absolute atomic E-state index is 0.0994. The molecule has 8 nitrogen and oxygen atoms in total. The van der Waals surface area contributed by atoms with E-state index in [-0.39, 0.29) is 17.2 Å². The molecule has 132 valence electrons. The third kappa shape index (κ3) is 2.97. The number of carbonyl (C=O) groups is 1. The molecule has 2 aliphatic rings. The number of rotatable bonds is 4. The number of hydrogen-bond donors (Lipinski definition) is 0. The zero-order valence-corrected chi connectivity index (χ0v) is 14.0. The van der Waals surface area contributed by atoms with Crippen molar-refractivity contribution in [2.24, 2.45) is 11.3 Å². The first-order valence-electron chi connectivity index (χ1n) is 8.32. The van der Waals surface area contributed by atoms with Crippen LogP contribution in [-0.4, -0.2) is 58.7 Å². The van der Waals surface area contributed by atoms with Gasteiger partial charge in [0.15, 0.2) is 0 Å². The van der Waals surface area contributed by atoms with E-state index in [0.717, 1.165) is 0 Å². The quantitative estimate of drug-likeness (QED) is 0.807. The van der Waals surface area contributed by atoms with Gasteiger partial charge in [-0.1, -0.05) is 0 Å². The largest absolute Gasteiger partial charge is 0.477 e. The van der Waals surface area contributed by atoms with Gasteiger partial charge in [0.1, 0.15) is 18.1 Å². The van der Waals surface area contributed by atoms with Gasteiger partial charge in [-0.3, -0.25) is 4.79 Å². The van der Waals surface area contributed by atoms with Crippen LogP contribution in [0, 0.1) is 22.7 Å². The zero-order valence-electron chi connectivity index (χ0n) is 14.0. The van der Waals surface area contributed by atoms with Crippen molar-refractivity contribution in [3.05, 3.63) is 48.2 Å². The Bertz CT molecular complexity index is 836. The zero-order chi connectivity index (χ0) is 18.0. The van der Waals surface area contributed by atoms with Gasteiger partial charge in [-0.05, 0) is 12.1 Å². The smallest absolute Gasteiger partial charge is 0.272 e. The summed E-state index contributed by atoms with van der Waals surface area (Å²) in [6, 6.07) is 7.00. The summed E-state index contributed by atoms with van der Waals surface area (Å²) in [5.74, 6) is 0.578. The average Bonchev–Trinajstić information content (AvgIpc) is 3.24. The van der Waals surface area contributed by atoms with Gasteiger partial charge in [-0.25, -0.2) is 15.0 Å². The van der Waals surface area contributed by atoms with Crippen LogP contribution < -0.4 is 4.74 Å². The van der Waals surface area contributed by atoms with Gasteiger partial charge in [0, 0.05) is 37.5 Å². The van der Waals surface area contributed by atoms with Crippen molar-refractivity contribution in [1.29, 1.82) is 5.26 Å². The molecule has 8 heteroatoms. The molecule has 2 aromatic rings. The minimum Gasteiger partial charge on any atom is -0.477 e. The maximum Gasteiger partial charge on any atom is 0.272 e. The molecule has 4 rings (SSSR count). The lowest BCUT2D eigenvalue weighted by molar-refractivity contribution is 0.0650. The number of amides is 1. The molecule has 0 aromatic carbocycles. The molecule has 0 unspecified atom stereocenters. The van der Waals surface area contributed by atoms with Gasteiger partial charge in [-0.2, -0.15) is 5.26 Å². The van der Waals surface area contributed by atoms with E-state index in [1.807, 2.05) is 11.0 Å². The standard InChI is InChI=1S/C18H17N5O3/c19-5-13-1-2-16(21-6-13)26-11-18-9-23(7-14(18)8-25-10-18)17(24)15-3-4-20-12-22-15/h1-4,6,12,14H,7-11H2/t14-,18+/m0/s1. The lowest BCUT2D eigenvalue weighted by Gasteiger charge is -2.26. The Hall–Kier alpha value is -3.05. The second-order valence-corrected chi connectivity index (χ2v) is 6.64. The Kier molecular flexibility index (Phi) is 4.22. The van der Waals surface area contributed by atoms with E-state index < -0.39 is 0 Å². The molecule has 0 bridgehead atoms. The number of nitriles is 1. The molecule has 0 spiro atoms. The molecule has 0 aliphatic carbocycles. The Morgan fingerprint density at radius 1 is 1.42 bits per heavy atom. The van der Waals surface area contributed by atoms with Crippen molar-refractivity contribution in [2.75, 3.05) is 32.9 Å². The van der Waals surface area contributed by atoms with Crippen molar-refractivity contribution in [2.45, 2.75) is 0 Å². The summed E-state index contributed by atoms with van der Waals surface area (Å²) in [5, 5.41) is 8.83. The number of likely N-dealkylation sites (tertiary alicyclic amines) is 1. The summed E-state index contributed by atoms with van der Waals surface area (Å²) in [7, 11) is 0. The monoisotopic (exact) mass is 351 g/mol. The molecule has 0 radical (unpaired) electrons. The van der Waals surface area contributed by atoms with Crippen LogP contribution in [0.2, 0.25) is 0 Å². The third-order valence-electron chi connectivity index (χ3n) is 4.98. The van der Waals surface area contributed by atoms with E-state index in [4.69, 9.17) is 14.7 Å². The molecular weight excluding hydrogens is 334 g/mol. The van der Waals surface area contributed by atoms with E-state index in [9.17, 15) is 4.79 Å². The van der Waals surface area contributed by atoms with Crippen molar-refractivity contribution in [3.8, 4) is 11.9 Å². The first-order valence-corrected chi connectivity index (χ1v) is 8.32. The molecule has 26 heavy (non-hydrogen) atoms. The van der Waals surface area contributed by atoms with Gasteiger partial charge in [0.25, 0.3) is 5.91 Å². The second-order valence-electron chi connectivity index (χ2n) is 6.64. The van der Waals surface area contributed by atoms with Crippen LogP contribution in [0.25, 0.3) is 0 Å². The van der Waals surface area contributed by atoms with Gasteiger partial charge in [0.2, 0.25) is 5.88 Å². The highest BCUT2D eigenvalue weighted by Crippen LogP contribution is 2.42. The summed E-state index contributed by atoms with van der Waals surface area (Å²) in [6.07, 6.45) is 4.42. The second kappa shape index (κ2) is 6.69. The summed E-state index contributed by atoms with van der Waals surface area (Å²) >= 11 is 0. The molecule has 2 saturated heterocycles.